The van der Waals surface area contributed by atoms with Gasteiger partial charge in [-0.15, -0.1) is 0 Å². The molecule has 0 heterocycles. The summed E-state index contributed by atoms with van der Waals surface area (Å²) < 4.78 is 11.0. The Labute approximate surface area is 111 Å². The molecule has 0 aromatic heterocycles. The maximum Gasteiger partial charge on any atom is 0.154 e. The lowest BCUT2D eigenvalue weighted by Crippen LogP contribution is -2.11. The molecule has 3 nitrogen and oxygen atoms in total. The topological polar surface area (TPSA) is 35.5 Å². The lowest BCUT2D eigenvalue weighted by Gasteiger charge is -2.09. The lowest BCUT2D eigenvalue weighted by molar-refractivity contribution is -0.123. The van der Waals surface area contributed by atoms with Crippen molar-refractivity contribution >= 4 is 22.2 Å². The van der Waals surface area contributed by atoms with Crippen LogP contribution in [0.15, 0.2) is 28.7 Å². The smallest absolute Gasteiger partial charge is 0.154 e. The molecule has 0 aliphatic rings. The van der Waals surface area contributed by atoms with Gasteiger partial charge in [0.15, 0.2) is 12.6 Å². The van der Waals surface area contributed by atoms with Crippen LogP contribution < -0.4 is 0 Å². The molecule has 0 N–H and O–H groups in total. The molecule has 0 saturated heterocycles. The van der Waals surface area contributed by atoms with Crippen LogP contribution in [0.1, 0.15) is 31.1 Å². The summed E-state index contributed by atoms with van der Waals surface area (Å²) in [7, 11) is 0. The Balaban J connectivity index is 0.000000304. The molecule has 0 fully saturated rings. The monoisotopic (exact) mass is 302 g/mol. The van der Waals surface area contributed by atoms with Crippen LogP contribution in [0.4, 0.5) is 0 Å². The molecular formula is C13H19BrO3. The first kappa shape index (κ1) is 16.3. The summed E-state index contributed by atoms with van der Waals surface area (Å²) in [6, 6.07) is 7.30. The molecule has 0 unspecified atom stereocenters. The van der Waals surface area contributed by atoms with Gasteiger partial charge in [-0.3, -0.25) is 4.79 Å². The quantitative estimate of drug-likeness (QED) is 0.615. The second kappa shape index (κ2) is 10.4. The number of rotatable bonds is 5. The van der Waals surface area contributed by atoms with E-state index >= 15 is 0 Å². The van der Waals surface area contributed by atoms with Gasteiger partial charge in [-0.1, -0.05) is 34.1 Å². The molecule has 0 bridgehead atoms. The van der Waals surface area contributed by atoms with Crippen LogP contribution in [-0.4, -0.2) is 25.8 Å². The lowest BCUT2D eigenvalue weighted by atomic mass is 10.2. The van der Waals surface area contributed by atoms with Crippen molar-refractivity contribution in [1.29, 1.82) is 0 Å². The van der Waals surface area contributed by atoms with E-state index in [1.165, 1.54) is 0 Å². The van der Waals surface area contributed by atoms with Crippen LogP contribution in [-0.2, 0) is 9.47 Å². The number of carbonyl (C=O) groups excluding carboxylic acids is 1. The van der Waals surface area contributed by atoms with Gasteiger partial charge < -0.3 is 9.47 Å². The molecule has 1 aromatic carbocycles. The van der Waals surface area contributed by atoms with Crippen LogP contribution in [0, 0.1) is 0 Å². The minimum Gasteiger partial charge on any atom is -0.353 e. The Kier molecular flexibility index (Phi) is 10.0. The van der Waals surface area contributed by atoms with Gasteiger partial charge in [0.2, 0.25) is 0 Å². The first-order chi connectivity index (χ1) is 8.15. The Morgan fingerprint density at radius 1 is 1.24 bits per heavy atom. The van der Waals surface area contributed by atoms with Gasteiger partial charge in [0.05, 0.1) is 0 Å². The van der Waals surface area contributed by atoms with E-state index < -0.39 is 0 Å². The summed E-state index contributed by atoms with van der Waals surface area (Å²) in [6.07, 6.45) is 0.786. The molecular weight excluding hydrogens is 284 g/mol. The average molecular weight is 303 g/mol. The van der Waals surface area contributed by atoms with Crippen LogP contribution in [0.25, 0.3) is 0 Å². The molecule has 0 radical (unpaired) electrons. The summed E-state index contributed by atoms with van der Waals surface area (Å²) in [6.45, 7) is 7.25. The maximum absolute atomic E-state index is 10.2. The van der Waals surface area contributed by atoms with Crippen molar-refractivity contribution in [3.8, 4) is 0 Å². The van der Waals surface area contributed by atoms with Crippen molar-refractivity contribution in [3.63, 3.8) is 0 Å². The van der Waals surface area contributed by atoms with E-state index in [1.807, 2.05) is 39.0 Å². The third-order valence-electron chi connectivity index (χ3n) is 1.83. The zero-order valence-corrected chi connectivity index (χ0v) is 12.1. The minimum absolute atomic E-state index is 0.0370. The van der Waals surface area contributed by atoms with Crippen LogP contribution >= 0.6 is 15.9 Å². The second-order valence-corrected chi connectivity index (χ2v) is 3.97. The predicted octanol–water partition coefficient (Wildman–Crippen LogP) is 3.67. The normalized spacial score (nSPS) is 9.71. The summed E-state index contributed by atoms with van der Waals surface area (Å²) in [4.78, 5) is 10.2. The Hall–Kier alpha value is -0.710. The fourth-order valence-corrected chi connectivity index (χ4v) is 1.47. The largest absolute Gasteiger partial charge is 0.353 e. The van der Waals surface area contributed by atoms with Crippen molar-refractivity contribution in [2.45, 2.75) is 27.1 Å². The minimum atomic E-state index is -0.0370. The third kappa shape index (κ3) is 8.07. The zero-order valence-electron chi connectivity index (χ0n) is 10.5. The zero-order chi connectivity index (χ0) is 13.1. The number of hydrogen-bond donors (Lipinski definition) is 0. The number of halogens is 1. The standard InChI is InChI=1S/C7H5BrO.C6H14O2/c8-7-4-2-1-3-6(7)5-9;1-4-7-6(3)8-5-2/h1-5H;6H,4-5H2,1-3H3. The highest BCUT2D eigenvalue weighted by Gasteiger charge is 1.94. The number of hydrogen-bond acceptors (Lipinski definition) is 3. The molecule has 0 atom stereocenters. The van der Waals surface area contributed by atoms with Crippen molar-refractivity contribution in [2.24, 2.45) is 0 Å². The van der Waals surface area contributed by atoms with Crippen molar-refractivity contribution in [3.05, 3.63) is 34.3 Å². The van der Waals surface area contributed by atoms with E-state index in [1.54, 1.807) is 6.07 Å². The maximum atomic E-state index is 10.2. The molecule has 0 aliphatic heterocycles. The Bertz CT molecular complexity index is 309. The van der Waals surface area contributed by atoms with E-state index in [0.717, 1.165) is 24.0 Å². The van der Waals surface area contributed by atoms with Crippen molar-refractivity contribution in [2.75, 3.05) is 13.2 Å². The molecule has 17 heavy (non-hydrogen) atoms. The van der Waals surface area contributed by atoms with Crippen molar-refractivity contribution < 1.29 is 14.3 Å². The molecule has 0 spiro atoms. The summed E-state index contributed by atoms with van der Waals surface area (Å²) in [5, 5.41) is 0. The fourth-order valence-electron chi connectivity index (χ4n) is 1.09. The highest BCUT2D eigenvalue weighted by Crippen LogP contribution is 2.12. The van der Waals surface area contributed by atoms with Gasteiger partial charge in [0.1, 0.15) is 0 Å². The summed E-state index contributed by atoms with van der Waals surface area (Å²) >= 11 is 3.23. The highest BCUT2D eigenvalue weighted by molar-refractivity contribution is 9.10. The number of ether oxygens (including phenoxy) is 2. The number of carbonyl (C=O) groups is 1. The van der Waals surface area contributed by atoms with E-state index in [-0.39, 0.29) is 6.29 Å². The SMILES string of the molecule is CCOC(C)OCC.O=Cc1ccccc1Br. The number of benzene rings is 1. The number of aldehydes is 1. The fraction of sp³-hybridized carbons (Fsp3) is 0.462. The van der Waals surface area contributed by atoms with E-state index in [2.05, 4.69) is 15.9 Å². The average Bonchev–Trinajstić information content (AvgIpc) is 2.31. The van der Waals surface area contributed by atoms with E-state index in [0.29, 0.717) is 5.56 Å². The van der Waals surface area contributed by atoms with Gasteiger partial charge in [0, 0.05) is 23.2 Å². The molecule has 96 valence electrons. The Morgan fingerprint density at radius 3 is 2.12 bits per heavy atom. The van der Waals surface area contributed by atoms with Crippen molar-refractivity contribution in [1.82, 2.24) is 0 Å². The molecule has 0 saturated carbocycles. The first-order valence-corrected chi connectivity index (χ1v) is 6.37. The molecule has 0 aliphatic carbocycles. The molecule has 4 heteroatoms. The highest BCUT2D eigenvalue weighted by atomic mass is 79.9. The van der Waals surface area contributed by atoms with Crippen LogP contribution in [0.2, 0.25) is 0 Å². The molecule has 1 rings (SSSR count). The second-order valence-electron chi connectivity index (χ2n) is 3.12. The van der Waals surface area contributed by atoms with Crippen LogP contribution in [0.3, 0.4) is 0 Å². The molecule has 1 aromatic rings. The third-order valence-corrected chi connectivity index (χ3v) is 2.56. The van der Waals surface area contributed by atoms with Gasteiger partial charge in [0.25, 0.3) is 0 Å². The van der Waals surface area contributed by atoms with Gasteiger partial charge in [-0.05, 0) is 26.8 Å². The van der Waals surface area contributed by atoms with Gasteiger partial charge in [-0.2, -0.15) is 0 Å². The van der Waals surface area contributed by atoms with Crippen LogP contribution in [0.5, 0.6) is 0 Å². The Morgan fingerprint density at radius 2 is 1.76 bits per heavy atom. The summed E-state index contributed by atoms with van der Waals surface area (Å²) in [5.41, 5.74) is 0.692. The summed E-state index contributed by atoms with van der Waals surface area (Å²) in [5.74, 6) is 0. The molecule has 0 amide bonds. The van der Waals surface area contributed by atoms with E-state index in [4.69, 9.17) is 9.47 Å². The first-order valence-electron chi connectivity index (χ1n) is 5.58. The van der Waals surface area contributed by atoms with Gasteiger partial charge >= 0.3 is 0 Å². The van der Waals surface area contributed by atoms with Gasteiger partial charge in [-0.25, -0.2) is 0 Å². The predicted molar refractivity (Wildman–Crippen MR) is 72.2 cm³/mol. The van der Waals surface area contributed by atoms with E-state index in [9.17, 15) is 4.79 Å².